The first-order chi connectivity index (χ1) is 13.5. The Morgan fingerprint density at radius 2 is 1.72 bits per heavy atom. The van der Waals surface area contributed by atoms with Crippen LogP contribution in [0.5, 0.6) is 5.75 Å². The second kappa shape index (κ2) is 8.41. The van der Waals surface area contributed by atoms with Gasteiger partial charge in [0.2, 0.25) is 0 Å². The molecule has 7 heteroatoms. The minimum absolute atomic E-state index is 0. The molecule has 29 heavy (non-hydrogen) atoms. The highest BCUT2D eigenvalue weighted by atomic mass is 35.5. The number of hydrogen-bond acceptors (Lipinski definition) is 5. The van der Waals surface area contributed by atoms with Crippen LogP contribution in [0.25, 0.3) is 0 Å². The van der Waals surface area contributed by atoms with Crippen molar-refractivity contribution in [2.45, 2.75) is 18.9 Å². The molecule has 3 aromatic rings. The quantitative estimate of drug-likeness (QED) is 0.569. The minimum Gasteiger partial charge on any atom is -0.506 e. The van der Waals surface area contributed by atoms with Crippen LogP contribution in [0.1, 0.15) is 21.6 Å². The molecule has 1 aliphatic carbocycles. The first-order valence-corrected chi connectivity index (χ1v) is 9.18. The molecule has 0 radical (unpaired) electrons. The van der Waals surface area contributed by atoms with Gasteiger partial charge in [-0.05, 0) is 42.2 Å². The molecule has 1 heterocycles. The number of phenolic OH excluding ortho intramolecular Hbond substituents is 1. The predicted octanol–water partition coefficient (Wildman–Crippen LogP) is 3.77. The van der Waals surface area contributed by atoms with Crippen LogP contribution in [0.3, 0.4) is 0 Å². The SMILES string of the molecule is CN(C(=O)c1cc(N)cc(Nc2ccccc2O)n1)C1Cc2ccccc2C1.Cl. The van der Waals surface area contributed by atoms with Crippen LogP contribution in [-0.4, -0.2) is 34.0 Å². The molecule has 0 saturated carbocycles. The number of fused-ring (bicyclic) bond motifs is 1. The normalized spacial score (nSPS) is 12.7. The lowest BCUT2D eigenvalue weighted by molar-refractivity contribution is 0.0732. The lowest BCUT2D eigenvalue weighted by Gasteiger charge is -2.24. The molecule has 4 N–H and O–H groups in total. The van der Waals surface area contributed by atoms with E-state index >= 15 is 0 Å². The van der Waals surface area contributed by atoms with Gasteiger partial charge in [0, 0.05) is 24.8 Å². The second-order valence-corrected chi connectivity index (χ2v) is 7.06. The van der Waals surface area contributed by atoms with Crippen LogP contribution in [0.4, 0.5) is 17.2 Å². The summed E-state index contributed by atoms with van der Waals surface area (Å²) >= 11 is 0. The van der Waals surface area contributed by atoms with Crippen molar-refractivity contribution < 1.29 is 9.90 Å². The van der Waals surface area contributed by atoms with Crippen molar-refractivity contribution in [3.63, 3.8) is 0 Å². The summed E-state index contributed by atoms with van der Waals surface area (Å²) in [6.45, 7) is 0. The molecule has 1 aromatic heterocycles. The van der Waals surface area contributed by atoms with Gasteiger partial charge in [-0.1, -0.05) is 36.4 Å². The molecule has 0 fully saturated rings. The fourth-order valence-corrected chi connectivity index (χ4v) is 3.60. The third kappa shape index (κ3) is 4.27. The van der Waals surface area contributed by atoms with E-state index in [1.807, 2.05) is 12.1 Å². The number of pyridine rings is 1. The molecule has 0 saturated heterocycles. The van der Waals surface area contributed by atoms with Crippen LogP contribution in [0.2, 0.25) is 0 Å². The van der Waals surface area contributed by atoms with Gasteiger partial charge < -0.3 is 21.1 Å². The Bertz CT molecular complexity index is 1020. The number of hydrogen-bond donors (Lipinski definition) is 3. The van der Waals surface area contributed by atoms with E-state index in [-0.39, 0.29) is 35.8 Å². The highest BCUT2D eigenvalue weighted by Gasteiger charge is 2.28. The number of nitrogens with zero attached hydrogens (tertiary/aromatic N) is 2. The largest absolute Gasteiger partial charge is 0.506 e. The van der Waals surface area contributed by atoms with Crippen molar-refractivity contribution >= 4 is 35.5 Å². The Morgan fingerprint density at radius 3 is 2.38 bits per heavy atom. The van der Waals surface area contributed by atoms with Crippen LogP contribution >= 0.6 is 12.4 Å². The van der Waals surface area contributed by atoms with Gasteiger partial charge in [0.25, 0.3) is 5.91 Å². The van der Waals surface area contributed by atoms with E-state index in [9.17, 15) is 9.90 Å². The molecule has 0 spiro atoms. The van der Waals surface area contributed by atoms with Crippen molar-refractivity contribution in [3.05, 3.63) is 77.5 Å². The van der Waals surface area contributed by atoms with Gasteiger partial charge in [-0.15, -0.1) is 12.4 Å². The molecule has 1 amide bonds. The number of amides is 1. The van der Waals surface area contributed by atoms with Gasteiger partial charge in [0.1, 0.15) is 17.3 Å². The predicted molar refractivity (Wildman–Crippen MR) is 117 cm³/mol. The summed E-state index contributed by atoms with van der Waals surface area (Å²) in [6, 6.07) is 18.4. The minimum atomic E-state index is -0.176. The van der Waals surface area contributed by atoms with Crippen LogP contribution in [0, 0.1) is 0 Å². The van der Waals surface area contributed by atoms with E-state index in [1.165, 1.54) is 11.1 Å². The van der Waals surface area contributed by atoms with E-state index in [0.717, 1.165) is 12.8 Å². The van der Waals surface area contributed by atoms with Crippen molar-refractivity contribution in [1.82, 2.24) is 9.88 Å². The number of carbonyl (C=O) groups excluding carboxylic acids is 1. The molecule has 0 unspecified atom stereocenters. The van der Waals surface area contributed by atoms with E-state index in [4.69, 9.17) is 5.73 Å². The number of aromatic nitrogens is 1. The van der Waals surface area contributed by atoms with Crippen molar-refractivity contribution in [2.24, 2.45) is 0 Å². The molecule has 2 aromatic carbocycles. The Kier molecular flexibility index (Phi) is 5.94. The van der Waals surface area contributed by atoms with E-state index in [2.05, 4.69) is 22.4 Å². The van der Waals surface area contributed by atoms with Gasteiger partial charge in [-0.25, -0.2) is 4.98 Å². The molecule has 0 aliphatic heterocycles. The highest BCUT2D eigenvalue weighted by Crippen LogP contribution is 2.28. The van der Waals surface area contributed by atoms with Crippen LogP contribution in [-0.2, 0) is 12.8 Å². The number of nitrogens with one attached hydrogen (secondary N) is 1. The van der Waals surface area contributed by atoms with E-state index in [0.29, 0.717) is 17.2 Å². The summed E-state index contributed by atoms with van der Waals surface area (Å²) in [5, 5.41) is 13.0. The van der Waals surface area contributed by atoms with E-state index < -0.39 is 0 Å². The summed E-state index contributed by atoms with van der Waals surface area (Å²) < 4.78 is 0. The first kappa shape index (κ1) is 20.5. The van der Waals surface area contributed by atoms with Crippen LogP contribution < -0.4 is 11.1 Å². The second-order valence-electron chi connectivity index (χ2n) is 7.06. The monoisotopic (exact) mass is 410 g/mol. The number of aromatic hydroxyl groups is 1. The number of phenols is 1. The van der Waals surface area contributed by atoms with Gasteiger partial charge >= 0.3 is 0 Å². The number of para-hydroxylation sites is 2. The van der Waals surface area contributed by atoms with Crippen LogP contribution in [0.15, 0.2) is 60.7 Å². The number of rotatable bonds is 4. The lowest BCUT2D eigenvalue weighted by atomic mass is 10.1. The van der Waals surface area contributed by atoms with Crippen molar-refractivity contribution in [1.29, 1.82) is 0 Å². The molecule has 0 bridgehead atoms. The third-order valence-corrected chi connectivity index (χ3v) is 5.13. The number of nitrogens with two attached hydrogens (primary N) is 1. The molecular formula is C22H23ClN4O2. The number of carbonyl (C=O) groups is 1. The summed E-state index contributed by atoms with van der Waals surface area (Å²) in [5.41, 5.74) is 9.77. The van der Waals surface area contributed by atoms with Gasteiger partial charge in [-0.2, -0.15) is 0 Å². The number of anilines is 3. The average Bonchev–Trinajstić information content (AvgIpc) is 3.12. The standard InChI is InChI=1S/C22H22N4O2.ClH/c1-26(17-10-14-6-2-3-7-15(14)11-17)22(28)19-12-16(23)13-21(25-19)24-18-8-4-5-9-20(18)27;/h2-9,12-13,17,27H,10-11H2,1H3,(H3,23,24,25);1H. The van der Waals surface area contributed by atoms with Gasteiger partial charge in [0.15, 0.2) is 0 Å². The lowest BCUT2D eigenvalue weighted by Crippen LogP contribution is -2.38. The maximum atomic E-state index is 13.0. The summed E-state index contributed by atoms with van der Waals surface area (Å²) in [4.78, 5) is 19.2. The maximum absolute atomic E-state index is 13.0. The zero-order chi connectivity index (χ0) is 19.7. The maximum Gasteiger partial charge on any atom is 0.272 e. The Morgan fingerprint density at radius 1 is 1.10 bits per heavy atom. The zero-order valence-corrected chi connectivity index (χ0v) is 16.8. The summed E-state index contributed by atoms with van der Waals surface area (Å²) in [6.07, 6.45) is 1.67. The topological polar surface area (TPSA) is 91.5 Å². The Labute approximate surface area is 175 Å². The van der Waals surface area contributed by atoms with Gasteiger partial charge in [-0.3, -0.25) is 4.79 Å². The number of nitrogen functional groups attached to an aromatic ring is 1. The molecule has 1 aliphatic rings. The smallest absolute Gasteiger partial charge is 0.272 e. The van der Waals surface area contributed by atoms with Gasteiger partial charge in [0.05, 0.1) is 5.69 Å². The molecule has 150 valence electrons. The fraction of sp³-hybridized carbons (Fsp3) is 0.182. The average molecular weight is 411 g/mol. The summed E-state index contributed by atoms with van der Waals surface area (Å²) in [7, 11) is 1.81. The van der Waals surface area contributed by atoms with E-state index in [1.54, 1.807) is 48.3 Å². The summed E-state index contributed by atoms with van der Waals surface area (Å²) in [5.74, 6) is 0.332. The zero-order valence-electron chi connectivity index (χ0n) is 16.0. The number of halogens is 1. The van der Waals surface area contributed by atoms with Crippen molar-refractivity contribution in [2.75, 3.05) is 18.1 Å². The first-order valence-electron chi connectivity index (χ1n) is 9.18. The molecule has 0 atom stereocenters. The number of likely N-dealkylation sites (N-methyl/N-ethyl adjacent to an activating group) is 1. The highest BCUT2D eigenvalue weighted by molar-refractivity contribution is 5.94. The molecule has 4 rings (SSSR count). The Balaban J connectivity index is 0.00000240. The third-order valence-electron chi connectivity index (χ3n) is 5.13. The molecular weight excluding hydrogens is 388 g/mol. The fourth-order valence-electron chi connectivity index (χ4n) is 3.60. The van der Waals surface area contributed by atoms with Crippen molar-refractivity contribution in [3.8, 4) is 5.75 Å². The number of benzene rings is 2. The molecule has 6 nitrogen and oxygen atoms in total. The Hall–Kier alpha value is -3.25.